The lowest BCUT2D eigenvalue weighted by atomic mass is 10.2. The average molecular weight is 377 g/mol. The van der Waals surface area contributed by atoms with Gasteiger partial charge in [-0.15, -0.1) is 11.3 Å². The molecule has 0 aliphatic heterocycles. The first-order chi connectivity index (χ1) is 12.0. The van der Waals surface area contributed by atoms with Crippen LogP contribution in [0.3, 0.4) is 0 Å². The fourth-order valence-corrected chi connectivity index (χ4v) is 3.82. The molecule has 1 amide bonds. The number of benzene rings is 1. The molecule has 0 radical (unpaired) electrons. The Morgan fingerprint density at radius 1 is 1.20 bits per heavy atom. The first-order valence-electron chi connectivity index (χ1n) is 7.33. The molecule has 0 atom stereocenters. The van der Waals surface area contributed by atoms with E-state index in [0.717, 1.165) is 4.88 Å². The SMILES string of the molecule is O=C(Nc1ncn[nH]1)c1ccc(S(=O)(=O)NCCc2cccs2)cc1. The van der Waals surface area contributed by atoms with E-state index in [2.05, 4.69) is 25.2 Å². The normalized spacial score (nSPS) is 11.4. The van der Waals surface area contributed by atoms with Gasteiger partial charge in [-0.2, -0.15) is 10.1 Å². The molecule has 0 saturated heterocycles. The number of carbonyl (C=O) groups excluding carboxylic acids is 1. The van der Waals surface area contributed by atoms with Crippen molar-refractivity contribution in [3.05, 3.63) is 58.5 Å². The van der Waals surface area contributed by atoms with Gasteiger partial charge in [-0.1, -0.05) is 6.07 Å². The lowest BCUT2D eigenvalue weighted by Crippen LogP contribution is -2.26. The van der Waals surface area contributed by atoms with E-state index < -0.39 is 15.9 Å². The minimum absolute atomic E-state index is 0.106. The fourth-order valence-electron chi connectivity index (χ4n) is 2.08. The van der Waals surface area contributed by atoms with E-state index in [1.54, 1.807) is 11.3 Å². The number of anilines is 1. The predicted octanol–water partition coefficient (Wildman–Crippen LogP) is 1.64. The highest BCUT2D eigenvalue weighted by molar-refractivity contribution is 7.89. The Balaban J connectivity index is 1.61. The largest absolute Gasteiger partial charge is 0.291 e. The smallest absolute Gasteiger partial charge is 0.258 e. The number of nitrogens with one attached hydrogen (secondary N) is 3. The number of H-pyrrole nitrogens is 1. The van der Waals surface area contributed by atoms with Crippen molar-refractivity contribution < 1.29 is 13.2 Å². The molecule has 0 bridgehead atoms. The predicted molar refractivity (Wildman–Crippen MR) is 94.0 cm³/mol. The second-order valence-electron chi connectivity index (χ2n) is 5.04. The van der Waals surface area contributed by atoms with E-state index in [4.69, 9.17) is 0 Å². The lowest BCUT2D eigenvalue weighted by molar-refractivity contribution is 0.102. The van der Waals surface area contributed by atoms with Crippen molar-refractivity contribution in [2.75, 3.05) is 11.9 Å². The van der Waals surface area contributed by atoms with E-state index in [9.17, 15) is 13.2 Å². The van der Waals surface area contributed by atoms with Gasteiger partial charge in [0, 0.05) is 17.0 Å². The molecule has 1 aromatic carbocycles. The molecule has 0 spiro atoms. The molecule has 0 unspecified atom stereocenters. The van der Waals surface area contributed by atoms with Crippen LogP contribution in [0.1, 0.15) is 15.2 Å². The maximum absolute atomic E-state index is 12.3. The van der Waals surface area contributed by atoms with Gasteiger partial charge in [-0.05, 0) is 42.1 Å². The zero-order chi connectivity index (χ0) is 17.7. The highest BCUT2D eigenvalue weighted by Gasteiger charge is 2.15. The van der Waals surface area contributed by atoms with Gasteiger partial charge in [-0.25, -0.2) is 18.2 Å². The first-order valence-corrected chi connectivity index (χ1v) is 9.70. The van der Waals surface area contributed by atoms with Crippen molar-refractivity contribution in [2.45, 2.75) is 11.3 Å². The molecule has 3 aromatic rings. The van der Waals surface area contributed by atoms with Gasteiger partial charge in [0.2, 0.25) is 16.0 Å². The second-order valence-corrected chi connectivity index (χ2v) is 7.84. The highest BCUT2D eigenvalue weighted by Crippen LogP contribution is 2.13. The summed E-state index contributed by atoms with van der Waals surface area (Å²) in [5.41, 5.74) is 0.314. The van der Waals surface area contributed by atoms with Crippen LogP contribution in [-0.2, 0) is 16.4 Å². The summed E-state index contributed by atoms with van der Waals surface area (Å²) < 4.78 is 27.1. The Morgan fingerprint density at radius 2 is 2.00 bits per heavy atom. The van der Waals surface area contributed by atoms with Crippen molar-refractivity contribution in [1.29, 1.82) is 0 Å². The third-order valence-electron chi connectivity index (χ3n) is 3.32. The number of aromatic amines is 1. The number of nitrogens with zero attached hydrogens (tertiary/aromatic N) is 2. The van der Waals surface area contributed by atoms with E-state index in [1.165, 1.54) is 30.6 Å². The summed E-state index contributed by atoms with van der Waals surface area (Å²) in [5.74, 6) is -0.191. The van der Waals surface area contributed by atoms with Crippen LogP contribution in [0.15, 0.2) is 53.0 Å². The summed E-state index contributed by atoms with van der Waals surface area (Å²) in [7, 11) is -3.61. The number of hydrogen-bond donors (Lipinski definition) is 3. The topological polar surface area (TPSA) is 117 Å². The summed E-state index contributed by atoms with van der Waals surface area (Å²) in [5, 5.41) is 10.6. The summed E-state index contributed by atoms with van der Waals surface area (Å²) in [6, 6.07) is 9.56. The van der Waals surface area contributed by atoms with E-state index in [-0.39, 0.29) is 10.8 Å². The monoisotopic (exact) mass is 377 g/mol. The molecule has 0 aliphatic rings. The molecule has 8 nitrogen and oxygen atoms in total. The summed E-state index contributed by atoms with van der Waals surface area (Å²) in [6.45, 7) is 0.316. The minimum atomic E-state index is -3.61. The van der Waals surface area contributed by atoms with Crippen molar-refractivity contribution >= 4 is 33.2 Å². The van der Waals surface area contributed by atoms with Crippen LogP contribution in [0.2, 0.25) is 0 Å². The van der Waals surface area contributed by atoms with Crippen molar-refractivity contribution in [1.82, 2.24) is 19.9 Å². The van der Waals surface area contributed by atoms with Crippen LogP contribution in [0.5, 0.6) is 0 Å². The maximum atomic E-state index is 12.3. The number of sulfonamides is 1. The van der Waals surface area contributed by atoms with Crippen molar-refractivity contribution in [3.63, 3.8) is 0 Å². The van der Waals surface area contributed by atoms with Crippen LogP contribution in [0.4, 0.5) is 5.95 Å². The summed E-state index contributed by atoms with van der Waals surface area (Å²) in [4.78, 5) is 17.0. The number of hydrogen-bond acceptors (Lipinski definition) is 6. The van der Waals surface area contributed by atoms with Gasteiger partial charge in [0.1, 0.15) is 6.33 Å². The zero-order valence-electron chi connectivity index (χ0n) is 13.0. The molecule has 0 saturated carbocycles. The van der Waals surface area contributed by atoms with E-state index in [1.807, 2.05) is 17.5 Å². The number of amides is 1. The van der Waals surface area contributed by atoms with Crippen LogP contribution < -0.4 is 10.0 Å². The van der Waals surface area contributed by atoms with Gasteiger partial charge >= 0.3 is 0 Å². The molecule has 3 N–H and O–H groups in total. The molecule has 0 aliphatic carbocycles. The van der Waals surface area contributed by atoms with Crippen LogP contribution in [0, 0.1) is 0 Å². The van der Waals surface area contributed by atoms with Gasteiger partial charge < -0.3 is 0 Å². The molecular weight excluding hydrogens is 362 g/mol. The van der Waals surface area contributed by atoms with Gasteiger partial charge in [0.15, 0.2) is 0 Å². The maximum Gasteiger partial charge on any atom is 0.258 e. The van der Waals surface area contributed by atoms with Crippen LogP contribution >= 0.6 is 11.3 Å². The van der Waals surface area contributed by atoms with Crippen LogP contribution in [-0.4, -0.2) is 36.1 Å². The Kier molecular flexibility index (Phi) is 5.22. The number of thiophene rings is 1. The number of rotatable bonds is 7. The molecule has 25 heavy (non-hydrogen) atoms. The Labute approximate surface area is 148 Å². The first kappa shape index (κ1) is 17.3. The quantitative estimate of drug-likeness (QED) is 0.579. The molecular formula is C15H15N5O3S2. The summed E-state index contributed by atoms with van der Waals surface area (Å²) >= 11 is 1.58. The van der Waals surface area contributed by atoms with Crippen molar-refractivity contribution in [2.24, 2.45) is 0 Å². The third-order valence-corrected chi connectivity index (χ3v) is 5.73. The second kappa shape index (κ2) is 7.55. The average Bonchev–Trinajstić information content (AvgIpc) is 3.29. The number of aromatic nitrogens is 3. The van der Waals surface area contributed by atoms with Gasteiger partial charge in [0.25, 0.3) is 5.91 Å². The van der Waals surface area contributed by atoms with E-state index in [0.29, 0.717) is 18.5 Å². The van der Waals surface area contributed by atoms with Crippen LogP contribution in [0.25, 0.3) is 0 Å². The molecule has 0 fully saturated rings. The van der Waals surface area contributed by atoms with E-state index >= 15 is 0 Å². The Hall–Kier alpha value is -2.56. The Morgan fingerprint density at radius 3 is 2.64 bits per heavy atom. The highest BCUT2D eigenvalue weighted by atomic mass is 32.2. The van der Waals surface area contributed by atoms with Gasteiger partial charge in [0.05, 0.1) is 4.90 Å². The number of carbonyl (C=O) groups is 1. The molecule has 2 aromatic heterocycles. The zero-order valence-corrected chi connectivity index (χ0v) is 14.6. The van der Waals surface area contributed by atoms with Gasteiger partial charge in [-0.3, -0.25) is 10.1 Å². The molecule has 2 heterocycles. The lowest BCUT2D eigenvalue weighted by Gasteiger charge is -2.07. The summed E-state index contributed by atoms with van der Waals surface area (Å²) in [6.07, 6.45) is 1.90. The fraction of sp³-hybridized carbons (Fsp3) is 0.133. The molecule has 130 valence electrons. The van der Waals surface area contributed by atoms with Crippen molar-refractivity contribution in [3.8, 4) is 0 Å². The minimum Gasteiger partial charge on any atom is -0.291 e. The molecule has 3 rings (SSSR count). The standard InChI is InChI=1S/C15H15N5O3S2/c21-14(19-15-16-10-17-20-15)11-3-5-13(6-4-11)25(22,23)18-8-7-12-2-1-9-24-12/h1-6,9-10,18H,7-8H2,(H2,16,17,19,20,21). The molecule has 10 heteroatoms. The third kappa shape index (κ3) is 4.50. The Bertz CT molecular complexity index is 920.